The molecule has 2 heterocycles. The Labute approximate surface area is 174 Å². The molecule has 1 saturated heterocycles. The van der Waals surface area contributed by atoms with Gasteiger partial charge in [-0.25, -0.2) is 14.2 Å². The highest BCUT2D eigenvalue weighted by atomic mass is 19.1. The molecule has 0 spiro atoms. The summed E-state index contributed by atoms with van der Waals surface area (Å²) in [5, 5.41) is 2.81. The van der Waals surface area contributed by atoms with Gasteiger partial charge in [-0.3, -0.25) is 9.78 Å². The Morgan fingerprint density at radius 2 is 1.97 bits per heavy atom. The number of carbonyl (C=O) groups excluding carboxylic acids is 1. The number of hydrogen-bond donors (Lipinski definition) is 2. The van der Waals surface area contributed by atoms with E-state index in [9.17, 15) is 14.0 Å². The second kappa shape index (κ2) is 9.25. The number of aromatic amines is 1. The summed E-state index contributed by atoms with van der Waals surface area (Å²) in [5.74, 6) is 0.0922. The Balaban J connectivity index is 1.84. The molecule has 0 radical (unpaired) electrons. The summed E-state index contributed by atoms with van der Waals surface area (Å²) in [6.07, 6.45) is -0.360. The number of nitrogens with one attached hydrogen (secondary N) is 2. The Morgan fingerprint density at radius 3 is 2.60 bits per heavy atom. The zero-order chi connectivity index (χ0) is 21.7. The number of nitrogens with zero attached hydrogens (tertiary/aromatic N) is 2. The second-order valence-electron chi connectivity index (χ2n) is 8.11. The number of hydrogen-bond acceptors (Lipinski definition) is 6. The summed E-state index contributed by atoms with van der Waals surface area (Å²) >= 11 is 0. The number of amides is 1. The van der Waals surface area contributed by atoms with E-state index in [0.29, 0.717) is 43.5 Å². The molecule has 9 heteroatoms. The van der Waals surface area contributed by atoms with E-state index in [1.54, 1.807) is 32.9 Å². The van der Waals surface area contributed by atoms with E-state index in [-0.39, 0.29) is 17.8 Å². The predicted molar refractivity (Wildman–Crippen MR) is 110 cm³/mol. The molecule has 162 valence electrons. The minimum atomic E-state index is -0.664. The molecule has 2 N–H and O–H groups in total. The van der Waals surface area contributed by atoms with Gasteiger partial charge in [-0.2, -0.15) is 0 Å². The molecule has 2 aromatic rings. The van der Waals surface area contributed by atoms with Crippen LogP contribution in [0.3, 0.4) is 0 Å². The van der Waals surface area contributed by atoms with Gasteiger partial charge in [0.1, 0.15) is 11.4 Å². The van der Waals surface area contributed by atoms with Crippen LogP contribution in [0.1, 0.15) is 38.1 Å². The molecule has 1 aromatic carbocycles. The first kappa shape index (κ1) is 21.8. The van der Waals surface area contributed by atoms with E-state index in [0.717, 1.165) is 0 Å². The third-order valence-corrected chi connectivity index (χ3v) is 4.47. The van der Waals surface area contributed by atoms with E-state index >= 15 is 0 Å². The molecule has 3 rings (SSSR count). The Bertz CT molecular complexity index is 918. The number of anilines is 1. The fourth-order valence-electron chi connectivity index (χ4n) is 3.13. The van der Waals surface area contributed by atoms with Crippen molar-refractivity contribution in [2.75, 3.05) is 31.2 Å². The van der Waals surface area contributed by atoms with Crippen molar-refractivity contribution < 1.29 is 18.7 Å². The van der Waals surface area contributed by atoms with Crippen molar-refractivity contribution in [3.05, 3.63) is 57.8 Å². The average molecular weight is 418 g/mol. The maximum atomic E-state index is 13.4. The van der Waals surface area contributed by atoms with Crippen LogP contribution in [0, 0.1) is 5.82 Å². The van der Waals surface area contributed by atoms with E-state index in [2.05, 4.69) is 15.3 Å². The number of halogens is 1. The molecular weight excluding hydrogens is 391 g/mol. The van der Waals surface area contributed by atoms with Crippen LogP contribution in [0.15, 0.2) is 35.1 Å². The highest BCUT2D eigenvalue weighted by Crippen LogP contribution is 2.20. The maximum absolute atomic E-state index is 13.4. The molecular formula is C21H27FN4O4. The smallest absolute Gasteiger partial charge is 0.408 e. The number of H-pyrrole nitrogens is 1. The van der Waals surface area contributed by atoms with Crippen molar-refractivity contribution >= 4 is 12.0 Å². The van der Waals surface area contributed by atoms with Gasteiger partial charge in [-0.1, -0.05) is 12.1 Å². The molecule has 0 saturated carbocycles. The predicted octanol–water partition coefficient (Wildman–Crippen LogP) is 2.55. The average Bonchev–Trinajstić information content (AvgIpc) is 2.67. The lowest BCUT2D eigenvalue weighted by molar-refractivity contribution is 0.0503. The van der Waals surface area contributed by atoms with Crippen LogP contribution in [-0.2, 0) is 15.9 Å². The van der Waals surface area contributed by atoms with Gasteiger partial charge in [0, 0.05) is 25.6 Å². The first-order chi connectivity index (χ1) is 14.2. The maximum Gasteiger partial charge on any atom is 0.408 e. The number of carbonyl (C=O) groups is 1. The van der Waals surface area contributed by atoms with Gasteiger partial charge in [0.05, 0.1) is 24.9 Å². The van der Waals surface area contributed by atoms with Gasteiger partial charge in [-0.05, 0) is 38.5 Å². The molecule has 1 fully saturated rings. The van der Waals surface area contributed by atoms with E-state index in [4.69, 9.17) is 9.47 Å². The van der Waals surface area contributed by atoms with Crippen LogP contribution in [0.2, 0.25) is 0 Å². The van der Waals surface area contributed by atoms with Crippen LogP contribution in [0.4, 0.5) is 15.1 Å². The zero-order valence-corrected chi connectivity index (χ0v) is 17.4. The van der Waals surface area contributed by atoms with E-state index in [1.165, 1.54) is 18.2 Å². The molecule has 1 aliphatic rings. The normalized spacial score (nSPS) is 15.5. The fraction of sp³-hybridized carbons (Fsp3) is 0.476. The van der Waals surface area contributed by atoms with Gasteiger partial charge in [0.15, 0.2) is 0 Å². The highest BCUT2D eigenvalue weighted by Gasteiger charge is 2.22. The van der Waals surface area contributed by atoms with Crippen LogP contribution >= 0.6 is 0 Å². The van der Waals surface area contributed by atoms with Crippen molar-refractivity contribution in [1.29, 1.82) is 0 Å². The standard InChI is InChI=1S/C21H27FN4O4/c1-21(2,3)30-20(28)24-17(14-4-6-15(22)7-5-14)12-16-13-18(27)25-19(23-16)26-8-10-29-11-9-26/h4-7,13,17H,8-12H2,1-3H3,(H,24,28)(H,23,25,27)/t17-/m1/s1. The summed E-state index contributed by atoms with van der Waals surface area (Å²) in [6, 6.07) is 6.68. The third-order valence-electron chi connectivity index (χ3n) is 4.47. The van der Waals surface area contributed by atoms with Crippen molar-refractivity contribution in [2.45, 2.75) is 38.8 Å². The van der Waals surface area contributed by atoms with Gasteiger partial charge in [0.2, 0.25) is 5.95 Å². The van der Waals surface area contributed by atoms with E-state index < -0.39 is 17.7 Å². The van der Waals surface area contributed by atoms with E-state index in [1.807, 2.05) is 4.90 Å². The number of morpholine rings is 1. The molecule has 0 bridgehead atoms. The monoisotopic (exact) mass is 418 g/mol. The molecule has 1 aliphatic heterocycles. The quantitative estimate of drug-likeness (QED) is 0.775. The molecule has 0 unspecified atom stereocenters. The number of benzene rings is 1. The molecule has 1 atom stereocenters. The summed E-state index contributed by atoms with van der Waals surface area (Å²) in [7, 11) is 0. The lowest BCUT2D eigenvalue weighted by Gasteiger charge is -2.27. The van der Waals surface area contributed by atoms with Crippen molar-refractivity contribution in [3.8, 4) is 0 Å². The SMILES string of the molecule is CC(C)(C)OC(=O)N[C@H](Cc1cc(=O)[nH]c(N2CCOCC2)n1)c1ccc(F)cc1. The van der Waals surface area contributed by atoms with Crippen LogP contribution in [0.5, 0.6) is 0 Å². The van der Waals surface area contributed by atoms with Crippen molar-refractivity contribution in [3.63, 3.8) is 0 Å². The summed E-state index contributed by atoms with van der Waals surface area (Å²) in [5.41, 5.74) is 0.239. The number of rotatable bonds is 5. The first-order valence-electron chi connectivity index (χ1n) is 9.87. The summed E-state index contributed by atoms with van der Waals surface area (Å²) < 4.78 is 24.1. The summed E-state index contributed by atoms with van der Waals surface area (Å²) in [4.78, 5) is 33.8. The largest absolute Gasteiger partial charge is 0.444 e. The lowest BCUT2D eigenvalue weighted by atomic mass is 10.0. The minimum Gasteiger partial charge on any atom is -0.444 e. The highest BCUT2D eigenvalue weighted by molar-refractivity contribution is 5.68. The molecule has 1 amide bonds. The Kier molecular flexibility index (Phi) is 6.71. The zero-order valence-electron chi connectivity index (χ0n) is 17.4. The van der Waals surface area contributed by atoms with Crippen LogP contribution in [-0.4, -0.2) is 48.0 Å². The molecule has 8 nitrogen and oxygen atoms in total. The number of aromatic nitrogens is 2. The second-order valence-corrected chi connectivity index (χ2v) is 8.11. The summed E-state index contributed by atoms with van der Waals surface area (Å²) in [6.45, 7) is 7.69. The minimum absolute atomic E-state index is 0.242. The van der Waals surface area contributed by atoms with Gasteiger partial charge in [0.25, 0.3) is 5.56 Å². The topological polar surface area (TPSA) is 96.5 Å². The number of ether oxygens (including phenoxy) is 2. The molecule has 0 aliphatic carbocycles. The van der Waals surface area contributed by atoms with Gasteiger partial charge in [-0.15, -0.1) is 0 Å². The Hall–Kier alpha value is -2.94. The van der Waals surface area contributed by atoms with Crippen molar-refractivity contribution in [1.82, 2.24) is 15.3 Å². The van der Waals surface area contributed by atoms with Crippen LogP contribution < -0.4 is 15.8 Å². The van der Waals surface area contributed by atoms with Gasteiger partial charge >= 0.3 is 6.09 Å². The van der Waals surface area contributed by atoms with Crippen LogP contribution in [0.25, 0.3) is 0 Å². The molecule has 30 heavy (non-hydrogen) atoms. The van der Waals surface area contributed by atoms with Crippen molar-refractivity contribution in [2.24, 2.45) is 0 Å². The molecule has 1 aromatic heterocycles. The number of alkyl carbamates (subject to hydrolysis) is 1. The lowest BCUT2D eigenvalue weighted by Crippen LogP contribution is -2.39. The third kappa shape index (κ3) is 6.28. The first-order valence-corrected chi connectivity index (χ1v) is 9.87. The Morgan fingerprint density at radius 1 is 1.30 bits per heavy atom. The fourth-order valence-corrected chi connectivity index (χ4v) is 3.13. The van der Waals surface area contributed by atoms with Gasteiger partial charge < -0.3 is 19.7 Å².